The molecule has 1 N–H and O–H groups in total. The van der Waals surface area contributed by atoms with Crippen LogP contribution in [0.15, 0.2) is 35.9 Å². The number of carbonyl (C=O) groups excluding carboxylic acids is 1. The highest BCUT2D eigenvalue weighted by Gasteiger charge is 2.32. The summed E-state index contributed by atoms with van der Waals surface area (Å²) in [5.74, 6) is 0.670. The molecule has 0 unspecified atom stereocenters. The van der Waals surface area contributed by atoms with Crippen LogP contribution in [0.2, 0.25) is 0 Å². The molecule has 2 atom stereocenters. The second kappa shape index (κ2) is 10.9. The van der Waals surface area contributed by atoms with Crippen LogP contribution in [-0.2, 0) is 11.2 Å². The molecule has 1 aromatic rings. The van der Waals surface area contributed by atoms with E-state index in [0.717, 1.165) is 49.7 Å². The molecular formula is C27H40O4. The molecule has 0 heterocycles. The van der Waals surface area contributed by atoms with Gasteiger partial charge in [0.15, 0.2) is 0 Å². The third-order valence-electron chi connectivity index (χ3n) is 6.37. The van der Waals surface area contributed by atoms with Gasteiger partial charge in [-0.15, -0.1) is 0 Å². The van der Waals surface area contributed by atoms with Gasteiger partial charge in [0.05, 0.1) is 0 Å². The Bertz CT molecular complexity index is 819. The minimum Gasteiger partial charge on any atom is -0.507 e. The smallest absolute Gasteiger partial charge is 0.507 e. The van der Waals surface area contributed by atoms with Gasteiger partial charge in [-0.1, -0.05) is 50.5 Å². The van der Waals surface area contributed by atoms with Crippen molar-refractivity contribution in [1.82, 2.24) is 0 Å². The van der Waals surface area contributed by atoms with E-state index in [0.29, 0.717) is 17.7 Å². The van der Waals surface area contributed by atoms with E-state index in [4.69, 9.17) is 9.47 Å². The highest BCUT2D eigenvalue weighted by molar-refractivity contribution is 5.67. The van der Waals surface area contributed by atoms with Crippen molar-refractivity contribution in [3.05, 3.63) is 47.1 Å². The Labute approximate surface area is 188 Å². The quantitative estimate of drug-likeness (QED) is 0.188. The lowest BCUT2D eigenvalue weighted by molar-refractivity contribution is 0.00679. The van der Waals surface area contributed by atoms with Gasteiger partial charge in [0, 0.05) is 11.5 Å². The Balaban J connectivity index is 2.48. The molecule has 31 heavy (non-hydrogen) atoms. The molecule has 0 aromatic heterocycles. The summed E-state index contributed by atoms with van der Waals surface area (Å²) in [6.45, 7) is 16.2. The lowest BCUT2D eigenvalue weighted by atomic mass is 9.73. The van der Waals surface area contributed by atoms with Gasteiger partial charge < -0.3 is 14.6 Å². The molecule has 0 aliphatic heterocycles. The number of unbranched alkanes of at least 4 members (excludes halogenated alkanes) is 2. The summed E-state index contributed by atoms with van der Waals surface area (Å²) in [6, 6.07) is 3.73. The minimum atomic E-state index is -0.735. The number of phenols is 1. The van der Waals surface area contributed by atoms with E-state index in [9.17, 15) is 9.90 Å². The second-order valence-electron chi connectivity index (χ2n) is 9.58. The SMILES string of the molecule is C=C(C)[C@@H]1CCC(C)=C[C@H]1c1c(O)cc(CCCCC)cc1OC(=O)OC(C)(C)CC. The lowest BCUT2D eigenvalue weighted by Crippen LogP contribution is -2.29. The Morgan fingerprint density at radius 1 is 1.26 bits per heavy atom. The van der Waals surface area contributed by atoms with Gasteiger partial charge >= 0.3 is 6.16 Å². The van der Waals surface area contributed by atoms with Crippen LogP contribution >= 0.6 is 0 Å². The largest absolute Gasteiger partial charge is 0.514 e. The summed E-state index contributed by atoms with van der Waals surface area (Å²) in [6.07, 6.45) is 8.20. The second-order valence-corrected chi connectivity index (χ2v) is 9.58. The summed E-state index contributed by atoms with van der Waals surface area (Å²) in [5, 5.41) is 11.1. The van der Waals surface area contributed by atoms with Crippen LogP contribution < -0.4 is 4.74 Å². The molecule has 0 amide bonds. The average molecular weight is 429 g/mol. The summed E-state index contributed by atoms with van der Waals surface area (Å²) >= 11 is 0. The number of hydrogen-bond donors (Lipinski definition) is 1. The Hall–Kier alpha value is -2.23. The number of hydrogen-bond acceptors (Lipinski definition) is 4. The molecule has 4 nitrogen and oxygen atoms in total. The summed E-state index contributed by atoms with van der Waals surface area (Å²) in [7, 11) is 0. The number of ether oxygens (including phenoxy) is 2. The number of phenolic OH excluding ortho intramolecular Hbond substituents is 1. The van der Waals surface area contributed by atoms with Gasteiger partial charge in [0.1, 0.15) is 17.1 Å². The van der Waals surface area contributed by atoms with Crippen molar-refractivity contribution in [3.8, 4) is 11.5 Å². The summed E-state index contributed by atoms with van der Waals surface area (Å²) in [5.41, 5.74) is 3.35. The lowest BCUT2D eigenvalue weighted by Gasteiger charge is -2.32. The first-order valence-corrected chi connectivity index (χ1v) is 11.7. The van der Waals surface area contributed by atoms with Crippen LogP contribution in [0.25, 0.3) is 0 Å². The van der Waals surface area contributed by atoms with Crippen LogP contribution in [0.1, 0.15) is 97.1 Å². The monoisotopic (exact) mass is 428 g/mol. The van der Waals surface area contributed by atoms with Crippen molar-refractivity contribution in [2.75, 3.05) is 0 Å². The first-order chi connectivity index (χ1) is 14.6. The van der Waals surface area contributed by atoms with Gasteiger partial charge in [-0.25, -0.2) is 4.79 Å². The molecule has 0 saturated heterocycles. The van der Waals surface area contributed by atoms with E-state index >= 15 is 0 Å². The normalized spacial score (nSPS) is 19.0. The molecule has 0 radical (unpaired) electrons. The predicted molar refractivity (Wildman–Crippen MR) is 127 cm³/mol. The molecular weight excluding hydrogens is 388 g/mol. The van der Waals surface area contributed by atoms with Crippen molar-refractivity contribution in [2.24, 2.45) is 5.92 Å². The van der Waals surface area contributed by atoms with E-state index in [-0.39, 0.29) is 17.6 Å². The van der Waals surface area contributed by atoms with Gasteiger partial charge in [-0.05, 0) is 83.4 Å². The highest BCUT2D eigenvalue weighted by atomic mass is 16.7. The fraction of sp³-hybridized carbons (Fsp3) is 0.593. The van der Waals surface area contributed by atoms with E-state index in [1.54, 1.807) is 0 Å². The van der Waals surface area contributed by atoms with Crippen LogP contribution in [0.3, 0.4) is 0 Å². The predicted octanol–water partition coefficient (Wildman–Crippen LogP) is 7.84. The molecule has 0 saturated carbocycles. The van der Waals surface area contributed by atoms with Crippen molar-refractivity contribution >= 4 is 6.16 Å². The van der Waals surface area contributed by atoms with Crippen LogP contribution in [-0.4, -0.2) is 16.9 Å². The van der Waals surface area contributed by atoms with E-state index in [1.807, 2.05) is 39.8 Å². The van der Waals surface area contributed by atoms with E-state index in [1.165, 1.54) is 5.57 Å². The Morgan fingerprint density at radius 2 is 1.97 bits per heavy atom. The zero-order valence-corrected chi connectivity index (χ0v) is 20.2. The fourth-order valence-corrected chi connectivity index (χ4v) is 4.12. The highest BCUT2D eigenvalue weighted by Crippen LogP contribution is 2.47. The fourth-order valence-electron chi connectivity index (χ4n) is 4.12. The third-order valence-corrected chi connectivity index (χ3v) is 6.37. The maximum absolute atomic E-state index is 12.6. The minimum absolute atomic E-state index is 0.0853. The molecule has 0 fully saturated rings. The van der Waals surface area contributed by atoms with Gasteiger partial charge in [-0.2, -0.15) is 0 Å². The molecule has 0 bridgehead atoms. The van der Waals surface area contributed by atoms with E-state index < -0.39 is 11.8 Å². The first kappa shape index (κ1) is 25.0. The van der Waals surface area contributed by atoms with Crippen LogP contribution in [0.4, 0.5) is 4.79 Å². The molecule has 2 rings (SSSR count). The zero-order chi connectivity index (χ0) is 23.2. The molecule has 4 heteroatoms. The number of carbonyl (C=O) groups is 1. The zero-order valence-electron chi connectivity index (χ0n) is 20.2. The molecule has 1 aliphatic rings. The van der Waals surface area contributed by atoms with Crippen LogP contribution in [0.5, 0.6) is 11.5 Å². The molecule has 0 spiro atoms. The molecule has 1 aromatic carbocycles. The van der Waals surface area contributed by atoms with Crippen LogP contribution in [0, 0.1) is 5.92 Å². The van der Waals surface area contributed by atoms with Crippen molar-refractivity contribution in [3.63, 3.8) is 0 Å². The average Bonchev–Trinajstić information content (AvgIpc) is 2.67. The van der Waals surface area contributed by atoms with Gasteiger partial charge in [-0.3, -0.25) is 0 Å². The number of aryl methyl sites for hydroxylation is 1. The van der Waals surface area contributed by atoms with E-state index in [2.05, 4.69) is 26.5 Å². The Morgan fingerprint density at radius 3 is 2.58 bits per heavy atom. The first-order valence-electron chi connectivity index (χ1n) is 11.7. The topological polar surface area (TPSA) is 55.8 Å². The standard InChI is InChI=1S/C27H40O4/c1-8-10-11-12-20-16-23(28)25(22-15-19(5)13-14-21(22)18(3)4)24(17-20)30-26(29)31-27(6,7)9-2/h15-17,21-22,28H,3,8-14H2,1-2,4-7H3/t21-,22+/m0/s1. The number of rotatable bonds is 9. The number of benzene rings is 1. The van der Waals surface area contributed by atoms with Crippen molar-refractivity contribution in [2.45, 2.75) is 98.0 Å². The molecule has 1 aliphatic carbocycles. The van der Waals surface area contributed by atoms with Gasteiger partial charge in [0.25, 0.3) is 0 Å². The number of aromatic hydroxyl groups is 1. The third kappa shape index (κ3) is 6.88. The van der Waals surface area contributed by atoms with Crippen molar-refractivity contribution < 1.29 is 19.4 Å². The maximum Gasteiger partial charge on any atom is 0.514 e. The number of allylic oxidation sites excluding steroid dienone is 3. The van der Waals surface area contributed by atoms with Gasteiger partial charge in [0.2, 0.25) is 0 Å². The summed E-state index contributed by atoms with van der Waals surface area (Å²) in [4.78, 5) is 12.6. The summed E-state index contributed by atoms with van der Waals surface area (Å²) < 4.78 is 11.3. The Kier molecular flexibility index (Phi) is 8.79. The molecule has 172 valence electrons. The maximum atomic E-state index is 12.6. The van der Waals surface area contributed by atoms with Crippen molar-refractivity contribution in [1.29, 1.82) is 0 Å².